The summed E-state index contributed by atoms with van der Waals surface area (Å²) in [4.78, 5) is 22.8. The molecule has 0 aromatic heterocycles. The number of rotatable bonds is 4. The molecule has 5 nitrogen and oxygen atoms in total. The summed E-state index contributed by atoms with van der Waals surface area (Å²) in [6.45, 7) is 5.56. The summed E-state index contributed by atoms with van der Waals surface area (Å²) in [6.07, 6.45) is 0.719. The van der Waals surface area contributed by atoms with Crippen LogP contribution in [0.5, 0.6) is 5.75 Å². The van der Waals surface area contributed by atoms with E-state index in [-0.39, 0.29) is 12.0 Å². The van der Waals surface area contributed by atoms with Crippen LogP contribution in [0.4, 0.5) is 5.69 Å². The number of aldehydes is 1. The number of amides is 1. The predicted octanol–water partition coefficient (Wildman–Crippen LogP) is 2.01. The fourth-order valence-corrected chi connectivity index (χ4v) is 1.86. The van der Waals surface area contributed by atoms with E-state index in [2.05, 4.69) is 5.10 Å². The number of hydrazone groups is 1. The minimum atomic E-state index is -0.758. The molecule has 1 atom stereocenters. The van der Waals surface area contributed by atoms with Crippen molar-refractivity contribution in [1.29, 1.82) is 0 Å². The number of carbonyl (C=O) groups excluding carboxylic acids is 2. The number of carbonyl (C=O) groups is 2. The zero-order chi connectivity index (χ0) is 14.0. The lowest BCUT2D eigenvalue weighted by molar-refractivity contribution is -0.123. The molecule has 1 aliphatic heterocycles. The largest absolute Gasteiger partial charge is 0.491 e. The number of nitrogens with zero attached hydrogens (tertiary/aromatic N) is 2. The van der Waals surface area contributed by atoms with Crippen molar-refractivity contribution in [2.24, 2.45) is 11.0 Å². The van der Waals surface area contributed by atoms with Gasteiger partial charge in [0, 0.05) is 0 Å². The van der Waals surface area contributed by atoms with Gasteiger partial charge in [-0.2, -0.15) is 10.1 Å². The van der Waals surface area contributed by atoms with Gasteiger partial charge in [0.1, 0.15) is 18.0 Å². The molecule has 0 saturated heterocycles. The van der Waals surface area contributed by atoms with E-state index in [1.807, 2.05) is 13.8 Å². The van der Waals surface area contributed by atoms with Crippen molar-refractivity contribution in [2.45, 2.75) is 26.9 Å². The monoisotopic (exact) mass is 260 g/mol. The van der Waals surface area contributed by atoms with Gasteiger partial charge in [-0.25, -0.2) is 0 Å². The summed E-state index contributed by atoms with van der Waals surface area (Å²) in [7, 11) is 0. The Bertz CT molecular complexity index is 520. The van der Waals surface area contributed by atoms with Crippen LogP contribution in [0.1, 0.15) is 20.8 Å². The molecule has 0 saturated carbocycles. The van der Waals surface area contributed by atoms with E-state index in [1.54, 1.807) is 31.2 Å². The topological polar surface area (TPSA) is 59.0 Å². The molecular weight excluding hydrogens is 244 g/mol. The second-order valence-electron chi connectivity index (χ2n) is 4.67. The Morgan fingerprint density at radius 3 is 2.42 bits per heavy atom. The van der Waals surface area contributed by atoms with Gasteiger partial charge in [-0.05, 0) is 45.0 Å². The molecule has 2 rings (SSSR count). The van der Waals surface area contributed by atoms with Crippen LogP contribution in [0, 0.1) is 5.92 Å². The van der Waals surface area contributed by atoms with E-state index in [0.29, 0.717) is 17.7 Å². The van der Waals surface area contributed by atoms with Crippen molar-refractivity contribution in [3.05, 3.63) is 24.3 Å². The van der Waals surface area contributed by atoms with Gasteiger partial charge in [-0.15, -0.1) is 0 Å². The number of hydrogen-bond donors (Lipinski definition) is 0. The third-order valence-corrected chi connectivity index (χ3v) is 2.77. The number of hydrogen-bond acceptors (Lipinski definition) is 4. The van der Waals surface area contributed by atoms with Gasteiger partial charge >= 0.3 is 0 Å². The van der Waals surface area contributed by atoms with Crippen LogP contribution in [0.2, 0.25) is 0 Å². The second kappa shape index (κ2) is 5.22. The lowest BCUT2D eigenvalue weighted by atomic mass is 10.1. The third-order valence-electron chi connectivity index (χ3n) is 2.77. The summed E-state index contributed by atoms with van der Waals surface area (Å²) in [6, 6.07) is 7.06. The molecule has 0 fully saturated rings. The first-order valence-corrected chi connectivity index (χ1v) is 6.14. The van der Waals surface area contributed by atoms with E-state index in [1.165, 1.54) is 5.01 Å². The molecule has 0 N–H and O–H groups in total. The van der Waals surface area contributed by atoms with Gasteiger partial charge in [-0.3, -0.25) is 4.79 Å². The smallest absolute Gasteiger partial charge is 0.263 e. The van der Waals surface area contributed by atoms with Gasteiger partial charge < -0.3 is 9.53 Å². The molecule has 0 aliphatic carbocycles. The van der Waals surface area contributed by atoms with E-state index >= 15 is 0 Å². The molecular formula is C14H16N2O3. The standard InChI is InChI=1S/C14H16N2O3/c1-9(2)19-12-6-4-11(5-7-12)16-14(18)13(8-17)10(3)15-16/h4-9,13H,1-3H3. The molecule has 19 heavy (non-hydrogen) atoms. The Hall–Kier alpha value is -2.17. The average molecular weight is 260 g/mol. The number of ether oxygens (including phenoxy) is 1. The Morgan fingerprint density at radius 2 is 1.95 bits per heavy atom. The van der Waals surface area contributed by atoms with E-state index in [9.17, 15) is 9.59 Å². The van der Waals surface area contributed by atoms with Gasteiger partial charge in [-0.1, -0.05) is 0 Å². The Kier molecular flexibility index (Phi) is 3.64. The zero-order valence-corrected chi connectivity index (χ0v) is 11.2. The first-order chi connectivity index (χ1) is 9.02. The molecule has 0 radical (unpaired) electrons. The summed E-state index contributed by atoms with van der Waals surface area (Å²) >= 11 is 0. The molecule has 1 unspecified atom stereocenters. The molecule has 5 heteroatoms. The molecule has 1 heterocycles. The van der Waals surface area contributed by atoms with Crippen molar-refractivity contribution in [3.63, 3.8) is 0 Å². The number of anilines is 1. The Balaban J connectivity index is 2.20. The van der Waals surface area contributed by atoms with Crippen LogP contribution in [0.15, 0.2) is 29.4 Å². The van der Waals surface area contributed by atoms with Crippen LogP contribution in [-0.4, -0.2) is 24.0 Å². The molecule has 1 aromatic carbocycles. The molecule has 100 valence electrons. The van der Waals surface area contributed by atoms with Crippen molar-refractivity contribution in [2.75, 3.05) is 5.01 Å². The average Bonchev–Trinajstić information content (AvgIpc) is 2.64. The van der Waals surface area contributed by atoms with Crippen molar-refractivity contribution < 1.29 is 14.3 Å². The highest BCUT2D eigenvalue weighted by atomic mass is 16.5. The fraction of sp³-hybridized carbons (Fsp3) is 0.357. The molecule has 1 amide bonds. The summed E-state index contributed by atoms with van der Waals surface area (Å²) in [5.41, 5.74) is 1.15. The fourth-order valence-electron chi connectivity index (χ4n) is 1.86. The van der Waals surface area contributed by atoms with Crippen LogP contribution >= 0.6 is 0 Å². The van der Waals surface area contributed by atoms with Gasteiger partial charge in [0.15, 0.2) is 0 Å². The van der Waals surface area contributed by atoms with Crippen molar-refractivity contribution in [1.82, 2.24) is 0 Å². The van der Waals surface area contributed by atoms with Crippen LogP contribution < -0.4 is 9.75 Å². The maximum absolute atomic E-state index is 12.0. The van der Waals surface area contributed by atoms with Crippen molar-refractivity contribution >= 4 is 23.6 Å². The van der Waals surface area contributed by atoms with Crippen LogP contribution in [0.25, 0.3) is 0 Å². The summed E-state index contributed by atoms with van der Waals surface area (Å²) in [5, 5.41) is 5.37. The van der Waals surface area contributed by atoms with E-state index < -0.39 is 5.92 Å². The minimum Gasteiger partial charge on any atom is -0.491 e. The van der Waals surface area contributed by atoms with E-state index in [4.69, 9.17) is 4.74 Å². The van der Waals surface area contributed by atoms with Crippen LogP contribution in [0.3, 0.4) is 0 Å². The van der Waals surface area contributed by atoms with E-state index in [0.717, 1.165) is 5.75 Å². The van der Waals surface area contributed by atoms with Gasteiger partial charge in [0.05, 0.1) is 17.5 Å². The Morgan fingerprint density at radius 1 is 1.32 bits per heavy atom. The molecule has 0 spiro atoms. The minimum absolute atomic E-state index is 0.0963. The van der Waals surface area contributed by atoms with Crippen molar-refractivity contribution in [3.8, 4) is 5.75 Å². The number of benzene rings is 1. The highest BCUT2D eigenvalue weighted by Gasteiger charge is 2.33. The highest BCUT2D eigenvalue weighted by Crippen LogP contribution is 2.25. The maximum atomic E-state index is 12.0. The molecule has 1 aromatic rings. The first kappa shape index (κ1) is 13.3. The molecule has 0 bridgehead atoms. The SMILES string of the molecule is CC1=NN(c2ccc(OC(C)C)cc2)C(=O)C1C=O. The summed E-state index contributed by atoms with van der Waals surface area (Å²) in [5.74, 6) is -0.338. The lowest BCUT2D eigenvalue weighted by Crippen LogP contribution is -2.27. The first-order valence-electron chi connectivity index (χ1n) is 6.14. The Labute approximate surface area is 111 Å². The predicted molar refractivity (Wildman–Crippen MR) is 72.4 cm³/mol. The quantitative estimate of drug-likeness (QED) is 0.614. The summed E-state index contributed by atoms with van der Waals surface area (Å²) < 4.78 is 5.53. The normalized spacial score (nSPS) is 18.7. The van der Waals surface area contributed by atoms with Gasteiger partial charge in [0.2, 0.25) is 0 Å². The zero-order valence-electron chi connectivity index (χ0n) is 11.2. The van der Waals surface area contributed by atoms with Gasteiger partial charge in [0.25, 0.3) is 5.91 Å². The lowest BCUT2D eigenvalue weighted by Gasteiger charge is -2.14. The highest BCUT2D eigenvalue weighted by molar-refractivity contribution is 6.22. The maximum Gasteiger partial charge on any atom is 0.263 e. The molecule has 1 aliphatic rings. The second-order valence-corrected chi connectivity index (χ2v) is 4.67. The van der Waals surface area contributed by atoms with Crippen LogP contribution in [-0.2, 0) is 9.59 Å². The third kappa shape index (κ3) is 2.65.